The summed E-state index contributed by atoms with van der Waals surface area (Å²) < 4.78 is 0. The maximum absolute atomic E-state index is 13.5. The number of nitrogens with zero attached hydrogens (tertiary/aromatic N) is 3. The molecule has 1 aliphatic carbocycles. The number of piperazine rings is 1. The van der Waals surface area contributed by atoms with Gasteiger partial charge in [0.2, 0.25) is 17.7 Å². The van der Waals surface area contributed by atoms with Gasteiger partial charge in [-0.1, -0.05) is 27.7 Å². The number of likely N-dealkylation sites (tertiary alicyclic amines) is 1. The van der Waals surface area contributed by atoms with Crippen molar-refractivity contribution >= 4 is 23.6 Å². The fourth-order valence-electron chi connectivity index (χ4n) is 6.86. The fourth-order valence-corrected chi connectivity index (χ4v) is 6.86. The van der Waals surface area contributed by atoms with Gasteiger partial charge < -0.3 is 14.9 Å². The molecule has 6 atom stereocenters. The molecule has 1 unspecified atom stereocenters. The number of likely N-dealkylation sites (N-methyl/N-ethyl adjacent to an activating group) is 2. The van der Waals surface area contributed by atoms with Gasteiger partial charge in [-0.2, -0.15) is 0 Å². The van der Waals surface area contributed by atoms with Crippen LogP contribution in [-0.2, 0) is 19.2 Å². The molecule has 8 heteroatoms. The second kappa shape index (κ2) is 5.34. The first-order valence-electron chi connectivity index (χ1n) is 10.0. The molecule has 3 heterocycles. The molecule has 3 aliphatic heterocycles. The summed E-state index contributed by atoms with van der Waals surface area (Å²) in [7, 11) is 3.10. The highest BCUT2D eigenvalue weighted by molar-refractivity contribution is 6.09. The third-order valence-electron chi connectivity index (χ3n) is 8.50. The van der Waals surface area contributed by atoms with Crippen molar-refractivity contribution in [3.63, 3.8) is 0 Å². The molecule has 1 saturated carbocycles. The zero-order chi connectivity index (χ0) is 21.0. The average Bonchev–Trinajstić information content (AvgIpc) is 3.10. The van der Waals surface area contributed by atoms with Crippen LogP contribution in [0.3, 0.4) is 0 Å². The molecule has 4 aliphatic rings. The third-order valence-corrected chi connectivity index (χ3v) is 8.50. The van der Waals surface area contributed by atoms with Crippen molar-refractivity contribution in [1.82, 2.24) is 14.7 Å². The summed E-state index contributed by atoms with van der Waals surface area (Å²) in [5.74, 6) is -1.38. The van der Waals surface area contributed by atoms with Crippen LogP contribution in [0.5, 0.6) is 0 Å². The van der Waals surface area contributed by atoms with Gasteiger partial charge >= 0.3 is 0 Å². The summed E-state index contributed by atoms with van der Waals surface area (Å²) >= 11 is 0. The lowest BCUT2D eigenvalue weighted by Gasteiger charge is -2.56. The summed E-state index contributed by atoms with van der Waals surface area (Å²) in [6, 6.07) is -0.861. The summed E-state index contributed by atoms with van der Waals surface area (Å²) in [6.07, 6.45) is -0.527. The van der Waals surface area contributed by atoms with Crippen LogP contribution in [0.15, 0.2) is 0 Å². The lowest BCUT2D eigenvalue weighted by molar-refractivity contribution is -0.171. The Hall–Kier alpha value is -1.96. The van der Waals surface area contributed by atoms with Gasteiger partial charge in [0.1, 0.15) is 11.6 Å². The van der Waals surface area contributed by atoms with Crippen LogP contribution >= 0.6 is 0 Å². The van der Waals surface area contributed by atoms with Crippen molar-refractivity contribution in [2.45, 2.75) is 70.7 Å². The molecule has 1 N–H and O–H groups in total. The number of carbonyl (C=O) groups excluding carboxylic acids is 4. The van der Waals surface area contributed by atoms with Gasteiger partial charge in [-0.3, -0.25) is 24.1 Å². The largest absolute Gasteiger partial charge is 0.382 e. The second-order valence-electron chi connectivity index (χ2n) is 9.58. The molecule has 0 aromatic heterocycles. The number of carbonyl (C=O) groups is 4. The number of hydrogen-bond donors (Lipinski definition) is 1. The summed E-state index contributed by atoms with van der Waals surface area (Å²) in [6.45, 7) is 7.55. The highest BCUT2D eigenvalue weighted by Crippen LogP contribution is 2.64. The first-order valence-corrected chi connectivity index (χ1v) is 10.0. The standard InChI is InChI=1S/C20H29N3O5/c1-7-20-10(2)8-12(24)23(20)13-11(21(5)17(20)28)9-19(18(13,3)4)14(25)15(26)22(6)16(19)27/h10-11,13-14,25H,7-9H2,1-6H3/t10-,11+,13?,14-,19+,20+/m0/s1. The van der Waals surface area contributed by atoms with Gasteiger partial charge in [0, 0.05) is 25.9 Å². The van der Waals surface area contributed by atoms with E-state index in [0.717, 1.165) is 4.90 Å². The molecule has 4 fully saturated rings. The van der Waals surface area contributed by atoms with Crippen LogP contribution in [-0.4, -0.2) is 81.3 Å². The van der Waals surface area contributed by atoms with Gasteiger partial charge in [-0.15, -0.1) is 0 Å². The van der Waals surface area contributed by atoms with Crippen LogP contribution in [0, 0.1) is 16.7 Å². The molecule has 4 amide bonds. The first-order chi connectivity index (χ1) is 12.9. The molecule has 4 rings (SSSR count). The van der Waals surface area contributed by atoms with E-state index in [4.69, 9.17) is 0 Å². The highest BCUT2D eigenvalue weighted by Gasteiger charge is 2.78. The Morgan fingerprint density at radius 2 is 1.71 bits per heavy atom. The predicted molar refractivity (Wildman–Crippen MR) is 98.6 cm³/mol. The maximum atomic E-state index is 13.5. The van der Waals surface area contributed by atoms with E-state index in [9.17, 15) is 24.3 Å². The van der Waals surface area contributed by atoms with Gasteiger partial charge in [0.25, 0.3) is 5.91 Å². The van der Waals surface area contributed by atoms with Crippen LogP contribution in [0.25, 0.3) is 0 Å². The highest BCUT2D eigenvalue weighted by atomic mass is 16.3. The molecule has 3 saturated heterocycles. The molecule has 0 bridgehead atoms. The number of imide groups is 1. The van der Waals surface area contributed by atoms with Gasteiger partial charge in [-0.25, -0.2) is 0 Å². The maximum Gasteiger partial charge on any atom is 0.258 e. The monoisotopic (exact) mass is 391 g/mol. The number of rotatable bonds is 1. The zero-order valence-corrected chi connectivity index (χ0v) is 17.4. The number of amides is 4. The van der Waals surface area contributed by atoms with Gasteiger partial charge in [0.15, 0.2) is 0 Å². The quantitative estimate of drug-likeness (QED) is 0.634. The smallest absolute Gasteiger partial charge is 0.258 e. The molecule has 1 spiro atoms. The Bertz CT molecular complexity index is 810. The van der Waals surface area contributed by atoms with E-state index in [0.29, 0.717) is 6.42 Å². The lowest BCUT2D eigenvalue weighted by atomic mass is 9.63. The first kappa shape index (κ1) is 19.4. The van der Waals surface area contributed by atoms with Crippen molar-refractivity contribution in [3.8, 4) is 0 Å². The van der Waals surface area contributed by atoms with Crippen molar-refractivity contribution in [3.05, 3.63) is 0 Å². The Kier molecular flexibility index (Phi) is 3.69. The molecular formula is C20H29N3O5. The Labute approximate surface area is 164 Å². The number of aliphatic hydroxyl groups is 1. The number of hydrogen-bond acceptors (Lipinski definition) is 5. The van der Waals surface area contributed by atoms with Gasteiger partial charge in [0.05, 0.1) is 17.5 Å². The summed E-state index contributed by atoms with van der Waals surface area (Å²) in [4.78, 5) is 56.6. The molecule has 0 aromatic rings. The molecule has 0 aromatic carbocycles. The van der Waals surface area contributed by atoms with Crippen LogP contribution in [0.2, 0.25) is 0 Å². The number of aliphatic hydroxyl groups excluding tert-OH is 1. The Morgan fingerprint density at radius 1 is 1.11 bits per heavy atom. The molecular weight excluding hydrogens is 362 g/mol. The van der Waals surface area contributed by atoms with Crippen LogP contribution < -0.4 is 0 Å². The topological polar surface area (TPSA) is 98.2 Å². The normalized spacial score (nSPS) is 44.8. The zero-order valence-electron chi connectivity index (χ0n) is 17.4. The van der Waals surface area contributed by atoms with E-state index in [1.165, 1.54) is 7.05 Å². The summed E-state index contributed by atoms with van der Waals surface area (Å²) in [5, 5.41) is 10.9. The van der Waals surface area contributed by atoms with Gasteiger partial charge in [-0.05, 0) is 18.8 Å². The minimum Gasteiger partial charge on any atom is -0.382 e. The molecule has 28 heavy (non-hydrogen) atoms. The fraction of sp³-hybridized carbons (Fsp3) is 0.800. The van der Waals surface area contributed by atoms with Crippen molar-refractivity contribution < 1.29 is 24.3 Å². The van der Waals surface area contributed by atoms with E-state index in [2.05, 4.69) is 0 Å². The van der Waals surface area contributed by atoms with E-state index < -0.39 is 46.4 Å². The Balaban J connectivity index is 1.94. The van der Waals surface area contributed by atoms with E-state index in [1.54, 1.807) is 16.8 Å². The predicted octanol–water partition coefficient (Wildman–Crippen LogP) is -0.0114. The summed E-state index contributed by atoms with van der Waals surface area (Å²) in [5.41, 5.74) is -3.17. The Morgan fingerprint density at radius 3 is 2.21 bits per heavy atom. The molecule has 154 valence electrons. The molecule has 8 nitrogen and oxygen atoms in total. The van der Waals surface area contributed by atoms with E-state index >= 15 is 0 Å². The second-order valence-corrected chi connectivity index (χ2v) is 9.58. The van der Waals surface area contributed by atoms with E-state index in [1.807, 2.05) is 27.7 Å². The SMILES string of the molecule is CC[C@@]12C(=O)N(C)[C@@H]3C[C@@]4(C(=O)N(C)C(=O)[C@@H]4O)C(C)(C)C3N1C(=O)C[C@@H]2C. The third kappa shape index (κ3) is 1.68. The minimum absolute atomic E-state index is 0.0875. The minimum atomic E-state index is -1.47. The van der Waals surface area contributed by atoms with Crippen LogP contribution in [0.1, 0.15) is 47.0 Å². The van der Waals surface area contributed by atoms with Crippen molar-refractivity contribution in [1.29, 1.82) is 0 Å². The number of fused-ring (bicyclic) bond motifs is 3. The van der Waals surface area contributed by atoms with Crippen LogP contribution in [0.4, 0.5) is 0 Å². The van der Waals surface area contributed by atoms with Crippen molar-refractivity contribution in [2.24, 2.45) is 16.7 Å². The lowest BCUT2D eigenvalue weighted by Crippen LogP contribution is -2.73. The molecule has 0 radical (unpaired) electrons. The van der Waals surface area contributed by atoms with Crippen molar-refractivity contribution in [2.75, 3.05) is 14.1 Å². The van der Waals surface area contributed by atoms with E-state index in [-0.39, 0.29) is 30.6 Å². The average molecular weight is 391 g/mol.